The van der Waals surface area contributed by atoms with Gasteiger partial charge in [-0.05, 0) is 45.2 Å². The topological polar surface area (TPSA) is 50.1 Å². The Labute approximate surface area is 116 Å². The number of hydrogen-bond donors (Lipinski definition) is 2. The SMILES string of the molecule is CC(O)CCCNCc1ccn(C2CCCCC2)n1. The number of hydrogen-bond acceptors (Lipinski definition) is 3. The molecule has 1 aliphatic carbocycles. The molecule has 4 heteroatoms. The van der Waals surface area contributed by atoms with Crippen molar-refractivity contribution >= 4 is 0 Å². The van der Waals surface area contributed by atoms with Crippen LogP contribution in [0.3, 0.4) is 0 Å². The molecule has 1 atom stereocenters. The van der Waals surface area contributed by atoms with Crippen molar-refractivity contribution in [2.75, 3.05) is 6.54 Å². The molecule has 0 amide bonds. The Balaban J connectivity index is 1.68. The van der Waals surface area contributed by atoms with E-state index in [2.05, 4.69) is 27.4 Å². The Morgan fingerprint density at radius 3 is 2.95 bits per heavy atom. The third-order valence-electron chi connectivity index (χ3n) is 3.89. The van der Waals surface area contributed by atoms with Gasteiger partial charge in [-0.2, -0.15) is 5.10 Å². The molecule has 1 fully saturated rings. The third-order valence-corrected chi connectivity index (χ3v) is 3.89. The molecule has 1 saturated carbocycles. The molecule has 1 aromatic heterocycles. The van der Waals surface area contributed by atoms with Crippen LogP contribution < -0.4 is 5.32 Å². The van der Waals surface area contributed by atoms with Gasteiger partial charge in [-0.25, -0.2) is 0 Å². The van der Waals surface area contributed by atoms with E-state index in [4.69, 9.17) is 0 Å². The smallest absolute Gasteiger partial charge is 0.0762 e. The second-order valence-electron chi connectivity index (χ2n) is 5.75. The summed E-state index contributed by atoms with van der Waals surface area (Å²) in [6.07, 6.45) is 10.5. The zero-order valence-electron chi connectivity index (χ0n) is 12.0. The van der Waals surface area contributed by atoms with Crippen LogP contribution in [0.2, 0.25) is 0 Å². The van der Waals surface area contributed by atoms with Gasteiger partial charge in [-0.3, -0.25) is 4.68 Å². The van der Waals surface area contributed by atoms with Crippen LogP contribution in [-0.4, -0.2) is 27.5 Å². The van der Waals surface area contributed by atoms with E-state index < -0.39 is 0 Å². The van der Waals surface area contributed by atoms with Gasteiger partial charge in [-0.1, -0.05) is 19.3 Å². The molecule has 1 heterocycles. The minimum absolute atomic E-state index is 0.188. The van der Waals surface area contributed by atoms with E-state index in [1.807, 2.05) is 6.92 Å². The summed E-state index contributed by atoms with van der Waals surface area (Å²) in [6.45, 7) is 3.62. The van der Waals surface area contributed by atoms with Gasteiger partial charge in [0, 0.05) is 12.7 Å². The van der Waals surface area contributed by atoms with Crippen LogP contribution >= 0.6 is 0 Å². The fourth-order valence-electron chi connectivity index (χ4n) is 2.76. The van der Waals surface area contributed by atoms with E-state index in [1.165, 1.54) is 32.1 Å². The lowest BCUT2D eigenvalue weighted by atomic mass is 9.96. The van der Waals surface area contributed by atoms with Crippen LogP contribution in [0.5, 0.6) is 0 Å². The van der Waals surface area contributed by atoms with Crippen molar-refractivity contribution in [1.82, 2.24) is 15.1 Å². The fraction of sp³-hybridized carbons (Fsp3) is 0.800. The summed E-state index contributed by atoms with van der Waals surface area (Å²) in [5, 5.41) is 17.2. The second-order valence-corrected chi connectivity index (χ2v) is 5.75. The molecule has 0 spiro atoms. The first-order valence-electron chi connectivity index (χ1n) is 7.68. The maximum absolute atomic E-state index is 9.17. The third kappa shape index (κ3) is 4.96. The normalized spacial score (nSPS) is 18.6. The monoisotopic (exact) mass is 265 g/mol. The summed E-state index contributed by atoms with van der Waals surface area (Å²) < 4.78 is 2.16. The number of aliphatic hydroxyl groups excluding tert-OH is 1. The molecule has 1 aromatic rings. The highest BCUT2D eigenvalue weighted by Crippen LogP contribution is 2.27. The lowest BCUT2D eigenvalue weighted by molar-refractivity contribution is 0.181. The van der Waals surface area contributed by atoms with Gasteiger partial charge >= 0.3 is 0 Å². The number of nitrogens with zero attached hydrogens (tertiary/aromatic N) is 2. The Hall–Kier alpha value is -0.870. The zero-order chi connectivity index (χ0) is 13.5. The van der Waals surface area contributed by atoms with Crippen molar-refractivity contribution in [3.63, 3.8) is 0 Å². The lowest BCUT2D eigenvalue weighted by Crippen LogP contribution is -2.18. The van der Waals surface area contributed by atoms with E-state index in [-0.39, 0.29) is 6.10 Å². The summed E-state index contributed by atoms with van der Waals surface area (Å²) in [6, 6.07) is 2.74. The Morgan fingerprint density at radius 1 is 1.42 bits per heavy atom. The van der Waals surface area contributed by atoms with Crippen molar-refractivity contribution in [2.24, 2.45) is 0 Å². The molecular weight excluding hydrogens is 238 g/mol. The van der Waals surface area contributed by atoms with Gasteiger partial charge in [0.25, 0.3) is 0 Å². The number of rotatable bonds is 7. The van der Waals surface area contributed by atoms with Crippen LogP contribution in [0.4, 0.5) is 0 Å². The number of aliphatic hydroxyl groups is 1. The summed E-state index contributed by atoms with van der Waals surface area (Å²) in [5.41, 5.74) is 1.13. The summed E-state index contributed by atoms with van der Waals surface area (Å²) in [5.74, 6) is 0. The van der Waals surface area contributed by atoms with Crippen LogP contribution in [0.1, 0.15) is 63.6 Å². The molecule has 1 aliphatic rings. The first kappa shape index (κ1) is 14.5. The first-order chi connectivity index (χ1) is 9.25. The first-order valence-corrected chi connectivity index (χ1v) is 7.68. The minimum atomic E-state index is -0.188. The van der Waals surface area contributed by atoms with Gasteiger partial charge in [0.2, 0.25) is 0 Å². The molecule has 0 aliphatic heterocycles. The van der Waals surface area contributed by atoms with Gasteiger partial charge in [-0.15, -0.1) is 0 Å². The molecule has 2 N–H and O–H groups in total. The van der Waals surface area contributed by atoms with Crippen molar-refractivity contribution < 1.29 is 5.11 Å². The maximum atomic E-state index is 9.17. The van der Waals surface area contributed by atoms with Crippen molar-refractivity contribution in [3.8, 4) is 0 Å². The highest BCUT2D eigenvalue weighted by Gasteiger charge is 2.15. The maximum Gasteiger partial charge on any atom is 0.0762 e. The van der Waals surface area contributed by atoms with Gasteiger partial charge < -0.3 is 10.4 Å². The predicted octanol–water partition coefficient (Wildman–Crippen LogP) is 2.64. The summed E-state index contributed by atoms with van der Waals surface area (Å²) in [4.78, 5) is 0. The molecule has 19 heavy (non-hydrogen) atoms. The van der Waals surface area contributed by atoms with Gasteiger partial charge in [0.1, 0.15) is 0 Å². The number of nitrogens with one attached hydrogen (secondary N) is 1. The van der Waals surface area contributed by atoms with E-state index in [0.717, 1.165) is 31.6 Å². The van der Waals surface area contributed by atoms with Crippen LogP contribution in [0, 0.1) is 0 Å². The molecule has 2 rings (SSSR count). The minimum Gasteiger partial charge on any atom is -0.393 e. The molecule has 0 saturated heterocycles. The fourth-order valence-corrected chi connectivity index (χ4v) is 2.76. The zero-order valence-corrected chi connectivity index (χ0v) is 12.0. The predicted molar refractivity (Wildman–Crippen MR) is 77.0 cm³/mol. The molecule has 0 bridgehead atoms. The van der Waals surface area contributed by atoms with Crippen molar-refractivity contribution in [1.29, 1.82) is 0 Å². The highest BCUT2D eigenvalue weighted by molar-refractivity contribution is 4.99. The molecular formula is C15H27N3O. The van der Waals surface area contributed by atoms with Gasteiger partial charge in [0.05, 0.1) is 17.8 Å². The van der Waals surface area contributed by atoms with E-state index >= 15 is 0 Å². The second kappa shape index (κ2) is 7.65. The Morgan fingerprint density at radius 2 is 2.21 bits per heavy atom. The van der Waals surface area contributed by atoms with Crippen LogP contribution in [0.25, 0.3) is 0 Å². The summed E-state index contributed by atoms with van der Waals surface area (Å²) in [7, 11) is 0. The molecule has 0 radical (unpaired) electrons. The van der Waals surface area contributed by atoms with Crippen LogP contribution in [0.15, 0.2) is 12.3 Å². The number of aromatic nitrogens is 2. The lowest BCUT2D eigenvalue weighted by Gasteiger charge is -2.21. The Bertz CT molecular complexity index is 356. The summed E-state index contributed by atoms with van der Waals surface area (Å²) >= 11 is 0. The molecule has 0 aromatic carbocycles. The Kier molecular flexibility index (Phi) is 5.86. The van der Waals surface area contributed by atoms with Gasteiger partial charge in [0.15, 0.2) is 0 Å². The van der Waals surface area contributed by atoms with E-state index in [0.29, 0.717) is 6.04 Å². The van der Waals surface area contributed by atoms with E-state index in [9.17, 15) is 5.11 Å². The van der Waals surface area contributed by atoms with E-state index in [1.54, 1.807) is 0 Å². The van der Waals surface area contributed by atoms with Crippen LogP contribution in [-0.2, 0) is 6.54 Å². The van der Waals surface area contributed by atoms with Crippen molar-refractivity contribution in [2.45, 2.75) is 70.6 Å². The standard InChI is InChI=1S/C15H27N3O/c1-13(19)6-5-10-16-12-14-9-11-18(17-14)15-7-3-2-4-8-15/h9,11,13,15-16,19H,2-8,10,12H2,1H3. The quantitative estimate of drug-likeness (QED) is 0.745. The average molecular weight is 265 g/mol. The molecule has 108 valence electrons. The van der Waals surface area contributed by atoms with Crippen molar-refractivity contribution in [3.05, 3.63) is 18.0 Å². The molecule has 4 nitrogen and oxygen atoms in total. The molecule has 1 unspecified atom stereocenters. The largest absolute Gasteiger partial charge is 0.393 e. The highest BCUT2D eigenvalue weighted by atomic mass is 16.3. The average Bonchev–Trinajstić information content (AvgIpc) is 2.88.